The van der Waals surface area contributed by atoms with Crippen molar-refractivity contribution in [2.75, 3.05) is 43.6 Å². The zero-order chi connectivity index (χ0) is 35.0. The molecule has 3 atom stereocenters. The Kier molecular flexibility index (Phi) is 22.4. The van der Waals surface area contributed by atoms with E-state index in [1.54, 1.807) is 10.9 Å². The molecule has 0 radical (unpaired) electrons. The maximum atomic E-state index is 13.6. The molecule has 15 heteroatoms. The molecule has 0 bridgehead atoms. The van der Waals surface area contributed by atoms with Gasteiger partial charge in [-0.1, -0.05) is 115 Å². The number of anilines is 1. The van der Waals surface area contributed by atoms with Gasteiger partial charge in [-0.2, -0.15) is 0 Å². The third kappa shape index (κ3) is 18.9. The zero-order valence-corrected chi connectivity index (χ0v) is 32.2. The molecule has 0 aliphatic carbocycles. The molecule has 0 amide bonds. The number of fused-ring (bicyclic) bond motifs is 1. The van der Waals surface area contributed by atoms with E-state index in [4.69, 9.17) is 40.2 Å². The van der Waals surface area contributed by atoms with Crippen molar-refractivity contribution in [3.63, 3.8) is 0 Å². The standard InChI is InChI=1S/C33H60N5O7PS2/c1-5-6-7-8-9-10-11-12-13-14-15-16-17-18-20-48(47)21-19-44-46(40,45-26-42-33(39)41-23-28(2)3)27-43-29(4)22-38-25-37-30-31(34)35-24-36-32(30)38/h24-25,28-29H,5-23,26-27H2,1-4H3,(H2,34,35,36)/t29-,46-,48?/m1/s1. The molecular formula is C33H60N5O7PS2. The van der Waals surface area contributed by atoms with E-state index in [0.717, 1.165) is 12.2 Å². The fraction of sp³-hybridized carbons (Fsp3) is 0.818. The molecule has 0 spiro atoms. The highest BCUT2D eigenvalue weighted by atomic mass is 32.8. The Bertz CT molecular complexity index is 1240. The summed E-state index contributed by atoms with van der Waals surface area (Å²) in [4.78, 5) is 24.3. The van der Waals surface area contributed by atoms with E-state index < -0.39 is 26.6 Å². The van der Waals surface area contributed by atoms with E-state index in [2.05, 4.69) is 21.9 Å². The molecular weight excluding hydrogens is 673 g/mol. The summed E-state index contributed by atoms with van der Waals surface area (Å²) in [6.45, 7) is 8.02. The minimum atomic E-state index is -3.80. The Morgan fingerprint density at radius 1 is 0.896 bits per heavy atom. The molecule has 48 heavy (non-hydrogen) atoms. The highest BCUT2D eigenvalue weighted by molar-refractivity contribution is 8.28. The predicted octanol–water partition coefficient (Wildman–Crippen LogP) is 8.33. The van der Waals surface area contributed by atoms with Crippen molar-refractivity contribution < 1.29 is 32.6 Å². The van der Waals surface area contributed by atoms with Crippen LogP contribution in [0.25, 0.3) is 11.2 Å². The van der Waals surface area contributed by atoms with Gasteiger partial charge in [0.2, 0.25) is 6.79 Å². The van der Waals surface area contributed by atoms with Crippen LogP contribution in [0.5, 0.6) is 0 Å². The highest BCUT2D eigenvalue weighted by Crippen LogP contribution is 2.48. The second-order valence-electron chi connectivity index (χ2n) is 12.7. The number of carbonyl (C=O) groups excluding carboxylic acids is 1. The summed E-state index contributed by atoms with van der Waals surface area (Å²) < 4.78 is 42.4. The predicted molar refractivity (Wildman–Crippen MR) is 197 cm³/mol. The number of hydrogen-bond acceptors (Lipinski definition) is 12. The van der Waals surface area contributed by atoms with Crippen molar-refractivity contribution in [1.29, 1.82) is 0 Å². The summed E-state index contributed by atoms with van der Waals surface area (Å²) in [5.41, 5.74) is 6.95. The third-order valence-electron chi connectivity index (χ3n) is 7.69. The monoisotopic (exact) mass is 733 g/mol. The number of aromatic nitrogens is 4. The molecule has 0 saturated carbocycles. The van der Waals surface area contributed by atoms with Crippen molar-refractivity contribution >= 4 is 51.4 Å². The smallest absolute Gasteiger partial charge is 0.434 e. The largest absolute Gasteiger partial charge is 0.510 e. The fourth-order valence-corrected chi connectivity index (χ4v) is 7.88. The Labute approximate surface area is 295 Å². The summed E-state index contributed by atoms with van der Waals surface area (Å²) in [6.07, 6.45) is 19.8. The average Bonchev–Trinajstić information content (AvgIpc) is 3.46. The van der Waals surface area contributed by atoms with Crippen LogP contribution in [0.4, 0.5) is 10.6 Å². The molecule has 2 rings (SSSR count). The third-order valence-corrected chi connectivity index (χ3v) is 11.6. The number of nitrogens with two attached hydrogens (primary N) is 1. The van der Waals surface area contributed by atoms with Gasteiger partial charge in [0.25, 0.3) is 0 Å². The summed E-state index contributed by atoms with van der Waals surface area (Å²) in [7, 11) is -4.09. The van der Waals surface area contributed by atoms with Gasteiger partial charge in [0.1, 0.15) is 18.2 Å². The minimum Gasteiger partial charge on any atom is -0.434 e. The lowest BCUT2D eigenvalue weighted by Crippen LogP contribution is -2.19. The molecule has 2 aromatic heterocycles. The van der Waals surface area contributed by atoms with Gasteiger partial charge >= 0.3 is 13.8 Å². The molecule has 0 saturated heterocycles. The van der Waals surface area contributed by atoms with Crippen LogP contribution >= 0.6 is 7.60 Å². The van der Waals surface area contributed by atoms with Gasteiger partial charge in [0.05, 0.1) is 32.2 Å². The summed E-state index contributed by atoms with van der Waals surface area (Å²) in [5, 5.41) is 0. The van der Waals surface area contributed by atoms with Crippen LogP contribution in [-0.4, -0.2) is 69.6 Å². The van der Waals surface area contributed by atoms with Gasteiger partial charge in [0, 0.05) is 5.75 Å². The van der Waals surface area contributed by atoms with Crippen molar-refractivity contribution in [3.05, 3.63) is 12.7 Å². The summed E-state index contributed by atoms with van der Waals surface area (Å²) >= 11 is 5.68. The number of carbonyl (C=O) groups is 1. The lowest BCUT2D eigenvalue weighted by molar-refractivity contribution is -0.0109. The second kappa shape index (κ2) is 25.3. The quantitative estimate of drug-likeness (QED) is 0.0371. The van der Waals surface area contributed by atoms with E-state index in [9.17, 15) is 9.36 Å². The number of hydrogen-bond donors (Lipinski definition) is 1. The Balaban J connectivity index is 1.69. The van der Waals surface area contributed by atoms with Gasteiger partial charge < -0.3 is 29.0 Å². The first-order chi connectivity index (χ1) is 23.1. The highest BCUT2D eigenvalue weighted by Gasteiger charge is 2.28. The topological polar surface area (TPSA) is 150 Å². The van der Waals surface area contributed by atoms with Crippen LogP contribution in [0.1, 0.15) is 118 Å². The van der Waals surface area contributed by atoms with E-state index in [-0.39, 0.29) is 40.8 Å². The van der Waals surface area contributed by atoms with Crippen LogP contribution in [-0.2, 0) is 55.0 Å². The molecule has 1 unspecified atom stereocenters. The number of imidazole rings is 1. The number of nitrogen functional groups attached to an aromatic ring is 1. The first kappa shape index (κ1) is 42.5. The molecule has 2 heterocycles. The molecule has 12 nitrogen and oxygen atoms in total. The lowest BCUT2D eigenvalue weighted by Gasteiger charge is -2.21. The van der Waals surface area contributed by atoms with Gasteiger partial charge in [-0.05, 0) is 25.0 Å². The number of rotatable bonds is 29. The summed E-state index contributed by atoms with van der Waals surface area (Å²) in [5.74, 6) is 1.95. The SMILES string of the molecule is CCCCCCCCCCCCCCCCS(=S)CCO[P@](=O)(CO[C@H](C)Cn1cnc2c(N)ncnc21)OCOC(=O)OCC(C)C. The maximum Gasteiger partial charge on any atom is 0.510 e. The molecule has 2 aromatic rings. The van der Waals surface area contributed by atoms with E-state index in [1.807, 2.05) is 20.8 Å². The molecule has 0 aromatic carbocycles. The van der Waals surface area contributed by atoms with Gasteiger partial charge in [-0.15, -0.1) is 9.45 Å². The van der Waals surface area contributed by atoms with Crippen molar-refractivity contribution in [2.24, 2.45) is 5.92 Å². The lowest BCUT2D eigenvalue weighted by atomic mass is 10.0. The molecule has 276 valence electrons. The van der Waals surface area contributed by atoms with E-state index >= 15 is 0 Å². The number of ether oxygens (including phenoxy) is 3. The Morgan fingerprint density at radius 3 is 2.15 bits per heavy atom. The Morgan fingerprint density at radius 2 is 1.52 bits per heavy atom. The van der Waals surface area contributed by atoms with Crippen LogP contribution < -0.4 is 5.73 Å². The van der Waals surface area contributed by atoms with Crippen molar-refractivity contribution in [1.82, 2.24) is 19.5 Å². The van der Waals surface area contributed by atoms with Crippen LogP contribution in [0.3, 0.4) is 0 Å². The first-order valence-electron chi connectivity index (χ1n) is 17.7. The second-order valence-corrected chi connectivity index (χ2v) is 17.8. The molecule has 0 aliphatic rings. The Hall–Kier alpha value is -1.70. The van der Waals surface area contributed by atoms with Crippen LogP contribution in [0.15, 0.2) is 12.7 Å². The molecule has 0 fully saturated rings. The van der Waals surface area contributed by atoms with E-state index in [0.29, 0.717) is 23.5 Å². The minimum absolute atomic E-state index is 0.148. The zero-order valence-electron chi connectivity index (χ0n) is 29.6. The van der Waals surface area contributed by atoms with Gasteiger partial charge in [-0.25, -0.2) is 19.7 Å². The van der Waals surface area contributed by atoms with Crippen LogP contribution in [0.2, 0.25) is 0 Å². The van der Waals surface area contributed by atoms with E-state index in [1.165, 1.54) is 89.8 Å². The van der Waals surface area contributed by atoms with Gasteiger partial charge in [0.15, 0.2) is 11.5 Å². The van der Waals surface area contributed by atoms with Gasteiger partial charge in [-0.3, -0.25) is 9.09 Å². The number of unbranched alkanes of at least 4 members (excludes halogenated alkanes) is 13. The molecule has 0 aliphatic heterocycles. The van der Waals surface area contributed by atoms with Crippen molar-refractivity contribution in [3.8, 4) is 0 Å². The van der Waals surface area contributed by atoms with Crippen molar-refractivity contribution in [2.45, 2.75) is 130 Å². The number of nitrogens with zero attached hydrogens (tertiary/aromatic N) is 4. The summed E-state index contributed by atoms with van der Waals surface area (Å²) in [6, 6.07) is 0. The fourth-order valence-electron chi connectivity index (χ4n) is 4.95. The first-order valence-corrected chi connectivity index (χ1v) is 21.9. The maximum absolute atomic E-state index is 13.6. The molecule has 2 N–H and O–H groups in total. The van der Waals surface area contributed by atoms with Crippen LogP contribution in [0, 0.1) is 5.92 Å². The average molecular weight is 734 g/mol. The normalized spacial score (nSPS) is 14.3.